The number of benzene rings is 1. The second-order valence-corrected chi connectivity index (χ2v) is 8.88. The third kappa shape index (κ3) is 5.13. The smallest absolute Gasteiger partial charge is 0.408 e. The van der Waals surface area contributed by atoms with Crippen LogP contribution in [0.5, 0.6) is 0 Å². The van der Waals surface area contributed by atoms with E-state index in [9.17, 15) is 4.79 Å². The van der Waals surface area contributed by atoms with Crippen LogP contribution < -0.4 is 5.32 Å². The van der Waals surface area contributed by atoms with Crippen molar-refractivity contribution in [3.8, 4) is 0 Å². The zero-order valence-corrected chi connectivity index (χ0v) is 18.7. The Balaban J connectivity index is 2.06. The molecule has 1 atom stereocenters. The lowest BCUT2D eigenvalue weighted by molar-refractivity contribution is 0.0485. The lowest BCUT2D eigenvalue weighted by Gasteiger charge is -2.26. The molecule has 1 aliphatic rings. The van der Waals surface area contributed by atoms with Crippen LogP contribution in [0.25, 0.3) is 11.0 Å². The molecule has 1 amide bonds. The molecule has 30 heavy (non-hydrogen) atoms. The number of ether oxygens (including phenoxy) is 1. The molecule has 0 saturated carbocycles. The highest BCUT2D eigenvalue weighted by Gasteiger charge is 2.28. The van der Waals surface area contributed by atoms with Gasteiger partial charge < -0.3 is 14.6 Å². The molecule has 1 aromatic heterocycles. The van der Waals surface area contributed by atoms with Crippen LogP contribution in [0.1, 0.15) is 59.0 Å². The SMILES string of the molecule is CCc1cccc2c1nc(C(NC(=O)OC(C)(C)C)C(C)C)n2CC1=CC=C[C][C]1. The van der Waals surface area contributed by atoms with E-state index in [0.717, 1.165) is 28.9 Å². The maximum atomic E-state index is 12.6. The molecular weight excluding hydrogens is 374 g/mol. The molecule has 0 fully saturated rings. The van der Waals surface area contributed by atoms with Crippen LogP contribution in [0.3, 0.4) is 0 Å². The van der Waals surface area contributed by atoms with Crippen LogP contribution in [0.4, 0.5) is 4.79 Å². The number of fused-ring (bicyclic) bond motifs is 1. The number of amides is 1. The van der Waals surface area contributed by atoms with Crippen molar-refractivity contribution in [2.75, 3.05) is 0 Å². The van der Waals surface area contributed by atoms with Crippen molar-refractivity contribution >= 4 is 17.1 Å². The lowest BCUT2D eigenvalue weighted by atomic mass is 10.0. The highest BCUT2D eigenvalue weighted by molar-refractivity contribution is 5.80. The molecule has 5 heteroatoms. The summed E-state index contributed by atoms with van der Waals surface area (Å²) < 4.78 is 7.70. The summed E-state index contributed by atoms with van der Waals surface area (Å²) in [6.45, 7) is 12.5. The highest BCUT2D eigenvalue weighted by atomic mass is 16.6. The van der Waals surface area contributed by atoms with Crippen LogP contribution in [-0.4, -0.2) is 21.2 Å². The van der Waals surface area contributed by atoms with Crippen molar-refractivity contribution in [2.24, 2.45) is 5.92 Å². The van der Waals surface area contributed by atoms with Crippen LogP contribution in [0.15, 0.2) is 42.0 Å². The monoisotopic (exact) mass is 405 g/mol. The molecule has 5 nitrogen and oxygen atoms in total. The Kier molecular flexibility index (Phi) is 6.69. The van der Waals surface area contributed by atoms with Crippen molar-refractivity contribution < 1.29 is 9.53 Å². The van der Waals surface area contributed by atoms with E-state index in [1.807, 2.05) is 39.0 Å². The molecule has 0 aliphatic heterocycles. The van der Waals surface area contributed by atoms with Gasteiger partial charge in [0.25, 0.3) is 0 Å². The van der Waals surface area contributed by atoms with Gasteiger partial charge >= 0.3 is 6.09 Å². The molecule has 0 spiro atoms. The molecule has 0 bridgehead atoms. The van der Waals surface area contributed by atoms with Gasteiger partial charge in [-0.05, 0) is 50.3 Å². The van der Waals surface area contributed by atoms with Crippen molar-refractivity contribution in [1.82, 2.24) is 14.9 Å². The largest absolute Gasteiger partial charge is 0.444 e. The van der Waals surface area contributed by atoms with E-state index >= 15 is 0 Å². The number of allylic oxidation sites excluding steroid dienone is 4. The Hall–Kier alpha value is -2.56. The van der Waals surface area contributed by atoms with Crippen LogP contribution in [-0.2, 0) is 17.7 Å². The van der Waals surface area contributed by atoms with Gasteiger partial charge in [0.15, 0.2) is 0 Å². The van der Waals surface area contributed by atoms with Gasteiger partial charge in [0, 0.05) is 19.4 Å². The summed E-state index contributed by atoms with van der Waals surface area (Å²) in [5.41, 5.74) is 3.68. The second kappa shape index (κ2) is 9.07. The molecule has 2 aromatic rings. The number of nitrogens with one attached hydrogen (secondary N) is 1. The third-order valence-corrected chi connectivity index (χ3v) is 4.93. The van der Waals surface area contributed by atoms with E-state index in [-0.39, 0.29) is 12.0 Å². The van der Waals surface area contributed by atoms with Gasteiger partial charge in [0.05, 0.1) is 17.1 Å². The first kappa shape index (κ1) is 22.1. The molecule has 1 aliphatic carbocycles. The van der Waals surface area contributed by atoms with Gasteiger partial charge in [0.2, 0.25) is 0 Å². The maximum absolute atomic E-state index is 12.6. The molecule has 1 heterocycles. The fraction of sp³-hybridized carbons (Fsp3) is 0.440. The summed E-state index contributed by atoms with van der Waals surface area (Å²) in [7, 11) is 0. The van der Waals surface area contributed by atoms with Crippen molar-refractivity contribution in [3.05, 3.63) is 66.2 Å². The minimum absolute atomic E-state index is 0.129. The first-order valence-electron chi connectivity index (χ1n) is 10.5. The van der Waals surface area contributed by atoms with Crippen molar-refractivity contribution in [1.29, 1.82) is 0 Å². The zero-order chi connectivity index (χ0) is 21.9. The summed E-state index contributed by atoms with van der Waals surface area (Å²) in [4.78, 5) is 17.6. The number of carbonyl (C=O) groups is 1. The number of nitrogens with zero attached hydrogens (tertiary/aromatic N) is 2. The first-order chi connectivity index (χ1) is 14.2. The number of para-hydroxylation sites is 1. The van der Waals surface area contributed by atoms with E-state index in [0.29, 0.717) is 6.54 Å². The minimum atomic E-state index is -0.560. The normalized spacial score (nSPS) is 15.4. The predicted octanol–water partition coefficient (Wildman–Crippen LogP) is 5.48. The fourth-order valence-electron chi connectivity index (χ4n) is 3.53. The summed E-state index contributed by atoms with van der Waals surface area (Å²) >= 11 is 0. The Labute approximate surface area is 180 Å². The quantitative estimate of drug-likeness (QED) is 0.692. The molecule has 0 saturated heterocycles. The van der Waals surface area contributed by atoms with Gasteiger partial charge in [-0.15, -0.1) is 0 Å². The van der Waals surface area contributed by atoms with Crippen LogP contribution in [0.2, 0.25) is 0 Å². The van der Waals surface area contributed by atoms with Gasteiger partial charge in [-0.2, -0.15) is 0 Å². The molecule has 1 aromatic carbocycles. The fourth-order valence-corrected chi connectivity index (χ4v) is 3.53. The number of aryl methyl sites for hydroxylation is 1. The highest BCUT2D eigenvalue weighted by Crippen LogP contribution is 2.30. The molecule has 1 N–H and O–H groups in total. The molecular formula is C25H31N3O2. The van der Waals surface area contributed by atoms with Crippen LogP contribution in [0, 0.1) is 18.8 Å². The standard InChI is InChI=1S/C25H31N3O2/c1-7-19-14-11-15-20-22(19)26-23(28(20)16-18-12-9-8-10-13-18)21(17(2)3)27-24(29)30-25(4,5)6/h8-9,11-12,14-15,17,21H,7,16H2,1-6H3,(H,27,29). The Bertz CT molecular complexity index is 961. The summed E-state index contributed by atoms with van der Waals surface area (Å²) in [6.07, 6.45) is 12.5. The summed E-state index contributed by atoms with van der Waals surface area (Å²) in [5.74, 6) is 0.952. The van der Waals surface area contributed by atoms with Gasteiger partial charge in [-0.1, -0.05) is 51.1 Å². The molecule has 1 unspecified atom stereocenters. The number of hydrogen-bond donors (Lipinski definition) is 1. The van der Waals surface area contributed by atoms with E-state index in [4.69, 9.17) is 9.72 Å². The predicted molar refractivity (Wildman–Crippen MR) is 120 cm³/mol. The zero-order valence-electron chi connectivity index (χ0n) is 18.7. The third-order valence-electron chi connectivity index (χ3n) is 4.93. The molecule has 158 valence electrons. The van der Waals surface area contributed by atoms with Crippen molar-refractivity contribution in [3.63, 3.8) is 0 Å². The Morgan fingerprint density at radius 1 is 1.30 bits per heavy atom. The second-order valence-electron chi connectivity index (χ2n) is 8.88. The van der Waals surface area contributed by atoms with Crippen molar-refractivity contribution in [2.45, 2.75) is 66.2 Å². The van der Waals surface area contributed by atoms with Gasteiger partial charge in [0.1, 0.15) is 11.4 Å². The number of carbonyl (C=O) groups excluding carboxylic acids is 1. The van der Waals surface area contributed by atoms with Gasteiger partial charge in [-0.3, -0.25) is 0 Å². The minimum Gasteiger partial charge on any atom is -0.444 e. The molecule has 4 radical (unpaired) electrons. The Morgan fingerprint density at radius 3 is 2.67 bits per heavy atom. The number of alkyl carbamates (subject to hydrolysis) is 1. The number of hydrogen-bond acceptors (Lipinski definition) is 3. The average Bonchev–Trinajstić information content (AvgIpc) is 3.03. The molecule has 3 rings (SSSR count). The Morgan fingerprint density at radius 2 is 2.07 bits per heavy atom. The summed E-state index contributed by atoms with van der Waals surface area (Å²) in [6, 6.07) is 5.97. The number of rotatable bonds is 6. The van der Waals surface area contributed by atoms with E-state index < -0.39 is 11.7 Å². The van der Waals surface area contributed by atoms with E-state index in [1.165, 1.54) is 5.56 Å². The maximum Gasteiger partial charge on any atom is 0.408 e. The first-order valence-corrected chi connectivity index (χ1v) is 10.5. The number of imidazole rings is 1. The number of aromatic nitrogens is 2. The van der Waals surface area contributed by atoms with Crippen LogP contribution >= 0.6 is 0 Å². The van der Waals surface area contributed by atoms with E-state index in [1.54, 1.807) is 0 Å². The topological polar surface area (TPSA) is 56.1 Å². The summed E-state index contributed by atoms with van der Waals surface area (Å²) in [5, 5.41) is 3.05. The average molecular weight is 406 g/mol. The lowest BCUT2D eigenvalue weighted by Crippen LogP contribution is -2.38. The van der Waals surface area contributed by atoms with Gasteiger partial charge in [-0.25, -0.2) is 9.78 Å². The van der Waals surface area contributed by atoms with E-state index in [2.05, 4.69) is 61.7 Å².